The third-order valence-corrected chi connectivity index (χ3v) is 13.7. The predicted octanol–water partition coefficient (Wildman–Crippen LogP) is 7.12. The third kappa shape index (κ3) is 12.4. The molecule has 0 aliphatic carbocycles. The Hall–Kier alpha value is -7.67. The number of nitrogens with zero attached hydrogens (tertiary/aromatic N) is 5. The number of carbonyl (C=O) groups excluding carboxylic acids is 7. The Morgan fingerprint density at radius 3 is 2.23 bits per heavy atom. The molecule has 0 saturated carbocycles. The standard InChI is InChI=1S/C55H61N9O7/c56-36-38-16-20-44-43(34-38)45(24-28-59-44)58-27-23-37-15-17-40-35-41(19-18-39(40)33-37)53(69)63-31-29-62(30-32-63)50(67)14-6-4-2-1-3-5-8-26-60-48(65)13-7-9-25-57-46-12-10-11-42-51(46)55(71)64(54(42)70)47-21-22-49(66)61-52(47)68/h10-12,15-20,24,28,33-35,47,57H,1-9,13-14,21-23,25-27,29-32H2,(H,58,59)(H,60,65)(H,61,66,68). The zero-order chi connectivity index (χ0) is 49.7. The summed E-state index contributed by atoms with van der Waals surface area (Å²) in [6.45, 7) is 3.94. The Balaban J connectivity index is 0.637. The molecule has 4 aromatic carbocycles. The number of hydrogen-bond donors (Lipinski definition) is 4. The van der Waals surface area contributed by atoms with E-state index in [1.807, 2.05) is 46.2 Å². The average Bonchev–Trinajstić information content (AvgIpc) is 3.64. The molecule has 4 heterocycles. The fourth-order valence-corrected chi connectivity index (χ4v) is 9.69. The number of carbonyl (C=O) groups is 7. The van der Waals surface area contributed by atoms with Crippen LogP contribution in [0.2, 0.25) is 0 Å². The van der Waals surface area contributed by atoms with Gasteiger partial charge in [-0.05, 0) is 103 Å². The lowest BCUT2D eigenvalue weighted by atomic mass is 10.0. The summed E-state index contributed by atoms with van der Waals surface area (Å²) in [6.07, 6.45) is 11.9. The van der Waals surface area contributed by atoms with E-state index in [1.165, 1.54) is 5.56 Å². The van der Waals surface area contributed by atoms with Gasteiger partial charge in [0.2, 0.25) is 23.6 Å². The molecule has 0 spiro atoms. The zero-order valence-corrected chi connectivity index (χ0v) is 40.1. The van der Waals surface area contributed by atoms with Crippen LogP contribution in [0.15, 0.2) is 85.1 Å². The van der Waals surface area contributed by atoms with Crippen LogP contribution in [-0.2, 0) is 25.6 Å². The summed E-state index contributed by atoms with van der Waals surface area (Å²) in [5, 5.41) is 24.3. The molecular formula is C55H61N9O7. The summed E-state index contributed by atoms with van der Waals surface area (Å²) in [6, 6.07) is 25.7. The van der Waals surface area contributed by atoms with Crippen molar-refractivity contribution in [3.8, 4) is 6.07 Å². The number of imide groups is 2. The second-order valence-corrected chi connectivity index (χ2v) is 18.6. The highest BCUT2D eigenvalue weighted by atomic mass is 16.2. The van der Waals surface area contributed by atoms with Crippen molar-refractivity contribution in [2.45, 2.75) is 95.9 Å². The van der Waals surface area contributed by atoms with Crippen LogP contribution in [0.25, 0.3) is 21.7 Å². The van der Waals surface area contributed by atoms with E-state index < -0.39 is 29.7 Å². The van der Waals surface area contributed by atoms with Gasteiger partial charge in [0.25, 0.3) is 17.7 Å². The lowest BCUT2D eigenvalue weighted by molar-refractivity contribution is -0.136. The molecule has 3 aliphatic rings. The number of rotatable bonds is 22. The summed E-state index contributed by atoms with van der Waals surface area (Å²) in [7, 11) is 0. The molecule has 3 aliphatic heterocycles. The van der Waals surface area contributed by atoms with Gasteiger partial charge in [0.15, 0.2) is 0 Å². The van der Waals surface area contributed by atoms with Crippen LogP contribution in [0, 0.1) is 11.3 Å². The van der Waals surface area contributed by atoms with Crippen molar-refractivity contribution in [3.05, 3.63) is 113 Å². The Labute approximate surface area is 413 Å². The van der Waals surface area contributed by atoms with Gasteiger partial charge in [-0.2, -0.15) is 5.26 Å². The van der Waals surface area contributed by atoms with Crippen LogP contribution in [0.1, 0.15) is 126 Å². The fraction of sp³-hybridized carbons (Fsp3) is 0.400. The van der Waals surface area contributed by atoms with Crippen LogP contribution < -0.4 is 21.3 Å². The molecule has 1 atom stereocenters. The molecule has 71 heavy (non-hydrogen) atoms. The number of piperidine rings is 1. The molecule has 2 fully saturated rings. The quantitative estimate of drug-likeness (QED) is 0.0405. The smallest absolute Gasteiger partial charge is 0.264 e. The van der Waals surface area contributed by atoms with Gasteiger partial charge in [-0.3, -0.25) is 48.8 Å². The number of hydrogen-bond acceptors (Lipinski definition) is 11. The van der Waals surface area contributed by atoms with Crippen molar-refractivity contribution in [2.24, 2.45) is 0 Å². The van der Waals surface area contributed by atoms with E-state index in [0.717, 1.165) is 83.6 Å². The molecule has 16 nitrogen and oxygen atoms in total. The number of pyridine rings is 1. The summed E-state index contributed by atoms with van der Waals surface area (Å²) in [5.74, 6) is -2.04. The minimum absolute atomic E-state index is 0.000353. The largest absolute Gasteiger partial charge is 0.384 e. The second-order valence-electron chi connectivity index (χ2n) is 18.6. The number of amides is 7. The third-order valence-electron chi connectivity index (χ3n) is 13.7. The molecule has 8 rings (SSSR count). The summed E-state index contributed by atoms with van der Waals surface area (Å²) < 4.78 is 0. The van der Waals surface area contributed by atoms with Gasteiger partial charge < -0.3 is 25.8 Å². The Kier molecular flexibility index (Phi) is 16.6. The maximum absolute atomic E-state index is 13.5. The van der Waals surface area contributed by atoms with E-state index in [-0.39, 0.29) is 41.7 Å². The van der Waals surface area contributed by atoms with Gasteiger partial charge in [-0.1, -0.05) is 62.4 Å². The number of nitriles is 1. The summed E-state index contributed by atoms with van der Waals surface area (Å²) in [4.78, 5) is 98.4. The van der Waals surface area contributed by atoms with Crippen molar-refractivity contribution in [3.63, 3.8) is 0 Å². The molecule has 16 heteroatoms. The normalized spacial score (nSPS) is 15.7. The Bertz CT molecular complexity index is 2870. The van der Waals surface area contributed by atoms with E-state index in [9.17, 15) is 38.8 Å². The van der Waals surface area contributed by atoms with Crippen molar-refractivity contribution in [1.82, 2.24) is 30.3 Å². The number of aromatic nitrogens is 1. The average molecular weight is 960 g/mol. The van der Waals surface area contributed by atoms with Crippen LogP contribution >= 0.6 is 0 Å². The first-order valence-electron chi connectivity index (χ1n) is 25.1. The molecular weight excluding hydrogens is 899 g/mol. The van der Waals surface area contributed by atoms with E-state index in [0.29, 0.717) is 88.3 Å². The van der Waals surface area contributed by atoms with Crippen molar-refractivity contribution >= 4 is 74.4 Å². The number of unbranched alkanes of at least 4 members (excludes halogenated alkanes) is 7. The molecule has 1 unspecified atom stereocenters. The van der Waals surface area contributed by atoms with E-state index in [4.69, 9.17) is 0 Å². The maximum atomic E-state index is 13.5. The number of nitrogens with one attached hydrogen (secondary N) is 4. The topological polar surface area (TPSA) is 214 Å². The highest BCUT2D eigenvalue weighted by molar-refractivity contribution is 6.25. The van der Waals surface area contributed by atoms with Gasteiger partial charge in [0, 0.05) is 93.6 Å². The van der Waals surface area contributed by atoms with Crippen LogP contribution in [-0.4, -0.2) is 113 Å². The first-order chi connectivity index (χ1) is 34.6. The number of anilines is 2. The number of fused-ring (bicyclic) bond motifs is 3. The predicted molar refractivity (Wildman–Crippen MR) is 270 cm³/mol. The van der Waals surface area contributed by atoms with Gasteiger partial charge >= 0.3 is 0 Å². The molecule has 0 radical (unpaired) electrons. The Morgan fingerprint density at radius 2 is 1.42 bits per heavy atom. The van der Waals surface area contributed by atoms with Gasteiger partial charge in [-0.15, -0.1) is 0 Å². The van der Waals surface area contributed by atoms with E-state index in [1.54, 1.807) is 30.5 Å². The second kappa shape index (κ2) is 23.8. The van der Waals surface area contributed by atoms with Crippen LogP contribution in [0.5, 0.6) is 0 Å². The zero-order valence-electron chi connectivity index (χ0n) is 40.1. The minimum Gasteiger partial charge on any atom is -0.384 e. The van der Waals surface area contributed by atoms with Crippen LogP contribution in [0.3, 0.4) is 0 Å². The molecule has 5 aromatic rings. The molecule has 1 aromatic heterocycles. The number of benzene rings is 4. The highest BCUT2D eigenvalue weighted by Gasteiger charge is 2.45. The van der Waals surface area contributed by atoms with Crippen molar-refractivity contribution < 1.29 is 33.6 Å². The van der Waals surface area contributed by atoms with Gasteiger partial charge in [0.05, 0.1) is 28.3 Å². The SMILES string of the molecule is N#Cc1ccc2nccc(NCCc3ccc4cc(C(=O)N5CCN(C(=O)CCCCCCCCCNC(=O)CCCCNc6cccc7c6C(=O)N(C6CCC(=O)NC6=O)C7=O)CC5)ccc4c3)c2c1. The first kappa shape index (κ1) is 49.7. The summed E-state index contributed by atoms with van der Waals surface area (Å²) >= 11 is 0. The van der Waals surface area contributed by atoms with Crippen molar-refractivity contribution in [1.29, 1.82) is 5.26 Å². The highest BCUT2D eigenvalue weighted by Crippen LogP contribution is 2.33. The molecule has 7 amide bonds. The first-order valence-corrected chi connectivity index (χ1v) is 25.1. The maximum Gasteiger partial charge on any atom is 0.264 e. The monoisotopic (exact) mass is 959 g/mol. The number of piperazine rings is 1. The molecule has 4 N–H and O–H groups in total. The Morgan fingerprint density at radius 1 is 0.704 bits per heavy atom. The molecule has 2 saturated heterocycles. The van der Waals surface area contributed by atoms with Gasteiger partial charge in [-0.25, -0.2) is 0 Å². The van der Waals surface area contributed by atoms with Crippen molar-refractivity contribution in [2.75, 3.05) is 56.4 Å². The lowest BCUT2D eigenvalue weighted by Crippen LogP contribution is -2.54. The summed E-state index contributed by atoms with van der Waals surface area (Å²) in [5.41, 5.74) is 5.15. The van der Waals surface area contributed by atoms with E-state index >= 15 is 0 Å². The fourth-order valence-electron chi connectivity index (χ4n) is 9.69. The molecule has 0 bridgehead atoms. The minimum atomic E-state index is -1.02. The van der Waals surface area contributed by atoms with Crippen LogP contribution in [0.4, 0.5) is 11.4 Å². The van der Waals surface area contributed by atoms with Gasteiger partial charge in [0.1, 0.15) is 6.04 Å². The van der Waals surface area contributed by atoms with E-state index in [2.05, 4.69) is 50.5 Å². The molecule has 368 valence electrons. The lowest BCUT2D eigenvalue weighted by Gasteiger charge is -2.35.